The Bertz CT molecular complexity index is 460. The minimum atomic E-state index is 0.222. The highest BCUT2D eigenvalue weighted by Gasteiger charge is 2.26. The molecular formula is C15H21BrN2O. The van der Waals surface area contributed by atoms with E-state index < -0.39 is 0 Å². The molecule has 0 unspecified atom stereocenters. The van der Waals surface area contributed by atoms with Crippen molar-refractivity contribution in [3.05, 3.63) is 28.2 Å². The van der Waals surface area contributed by atoms with Gasteiger partial charge >= 0.3 is 0 Å². The third-order valence-electron chi connectivity index (χ3n) is 3.69. The molecule has 0 atom stereocenters. The Labute approximate surface area is 123 Å². The average molecular weight is 325 g/mol. The third kappa shape index (κ3) is 3.37. The number of hydrogen-bond acceptors (Lipinski definition) is 3. The largest absolute Gasteiger partial charge is 0.368 e. The number of piperazine rings is 1. The summed E-state index contributed by atoms with van der Waals surface area (Å²) in [5, 5.41) is 0. The molecule has 0 aliphatic carbocycles. The molecule has 0 spiro atoms. The molecule has 0 bridgehead atoms. The number of aldehydes is 1. The van der Waals surface area contributed by atoms with E-state index in [2.05, 4.69) is 46.5 Å². The van der Waals surface area contributed by atoms with Crippen molar-refractivity contribution in [2.45, 2.75) is 26.3 Å². The maximum Gasteiger partial charge on any atom is 0.152 e. The molecule has 0 radical (unpaired) electrons. The number of hydrogen-bond donors (Lipinski definition) is 0. The van der Waals surface area contributed by atoms with Crippen LogP contribution in [0.4, 0.5) is 5.69 Å². The molecule has 1 heterocycles. The Morgan fingerprint density at radius 2 is 1.79 bits per heavy atom. The smallest absolute Gasteiger partial charge is 0.152 e. The standard InChI is InChI=1S/C15H21BrN2O/c1-15(2,3)18-8-6-17(7-9-18)14-5-4-13(16)10-12(14)11-19/h4-5,10-11H,6-9H2,1-3H3. The van der Waals surface area contributed by atoms with Crippen LogP contribution >= 0.6 is 15.9 Å². The average Bonchev–Trinajstić information content (AvgIpc) is 2.37. The van der Waals surface area contributed by atoms with Gasteiger partial charge in [-0.15, -0.1) is 0 Å². The molecule has 0 amide bonds. The third-order valence-corrected chi connectivity index (χ3v) is 4.18. The van der Waals surface area contributed by atoms with E-state index in [0.717, 1.165) is 48.2 Å². The topological polar surface area (TPSA) is 23.6 Å². The van der Waals surface area contributed by atoms with Crippen LogP contribution in [0.5, 0.6) is 0 Å². The molecule has 1 saturated heterocycles. The van der Waals surface area contributed by atoms with E-state index in [-0.39, 0.29) is 5.54 Å². The molecule has 1 fully saturated rings. The summed E-state index contributed by atoms with van der Waals surface area (Å²) in [5.41, 5.74) is 2.03. The Morgan fingerprint density at radius 3 is 2.32 bits per heavy atom. The van der Waals surface area contributed by atoms with Crippen LogP contribution in [0.2, 0.25) is 0 Å². The van der Waals surface area contributed by atoms with Crippen molar-refractivity contribution in [1.29, 1.82) is 0 Å². The van der Waals surface area contributed by atoms with E-state index in [0.29, 0.717) is 0 Å². The first-order valence-electron chi connectivity index (χ1n) is 6.66. The predicted molar refractivity (Wildman–Crippen MR) is 83.1 cm³/mol. The van der Waals surface area contributed by atoms with Crippen LogP contribution in [-0.4, -0.2) is 42.9 Å². The zero-order chi connectivity index (χ0) is 14.0. The van der Waals surface area contributed by atoms with Crippen molar-refractivity contribution in [2.75, 3.05) is 31.1 Å². The van der Waals surface area contributed by atoms with Gasteiger partial charge in [-0.25, -0.2) is 0 Å². The molecule has 3 nitrogen and oxygen atoms in total. The maximum atomic E-state index is 11.2. The molecule has 1 aliphatic heterocycles. The second-order valence-electron chi connectivity index (χ2n) is 5.97. The SMILES string of the molecule is CC(C)(C)N1CCN(c2ccc(Br)cc2C=O)CC1. The second-order valence-corrected chi connectivity index (χ2v) is 6.88. The van der Waals surface area contributed by atoms with Gasteiger partial charge in [0.05, 0.1) is 0 Å². The van der Waals surface area contributed by atoms with E-state index in [4.69, 9.17) is 0 Å². The van der Waals surface area contributed by atoms with Gasteiger partial charge in [0.25, 0.3) is 0 Å². The molecule has 4 heteroatoms. The predicted octanol–water partition coefficient (Wildman–Crippen LogP) is 3.18. The summed E-state index contributed by atoms with van der Waals surface area (Å²) in [6, 6.07) is 5.91. The molecule has 19 heavy (non-hydrogen) atoms. The lowest BCUT2D eigenvalue weighted by Gasteiger charge is -2.43. The molecule has 0 aromatic heterocycles. The minimum Gasteiger partial charge on any atom is -0.368 e. The summed E-state index contributed by atoms with van der Waals surface area (Å²) in [7, 11) is 0. The van der Waals surface area contributed by atoms with Gasteiger partial charge in [-0.05, 0) is 39.0 Å². The van der Waals surface area contributed by atoms with E-state index in [1.54, 1.807) is 0 Å². The quantitative estimate of drug-likeness (QED) is 0.780. The fraction of sp³-hybridized carbons (Fsp3) is 0.533. The Balaban J connectivity index is 2.12. The molecule has 1 aromatic carbocycles. The first kappa shape index (κ1) is 14.5. The number of nitrogens with zero attached hydrogens (tertiary/aromatic N) is 2. The van der Waals surface area contributed by atoms with Gasteiger partial charge in [-0.3, -0.25) is 9.69 Å². The molecule has 0 saturated carbocycles. The normalized spacial score (nSPS) is 17.6. The molecule has 1 aliphatic rings. The van der Waals surface area contributed by atoms with E-state index >= 15 is 0 Å². The van der Waals surface area contributed by atoms with Crippen molar-refractivity contribution in [3.63, 3.8) is 0 Å². The Hall–Kier alpha value is -0.870. The number of anilines is 1. The number of halogens is 1. The van der Waals surface area contributed by atoms with Crippen molar-refractivity contribution in [2.24, 2.45) is 0 Å². The summed E-state index contributed by atoms with van der Waals surface area (Å²) in [6.07, 6.45) is 0.941. The lowest BCUT2D eigenvalue weighted by molar-refractivity contribution is 0.112. The number of carbonyl (C=O) groups is 1. The van der Waals surface area contributed by atoms with Gasteiger partial charge in [0.15, 0.2) is 6.29 Å². The van der Waals surface area contributed by atoms with Crippen LogP contribution in [0.1, 0.15) is 31.1 Å². The first-order chi connectivity index (χ1) is 8.91. The molecule has 0 N–H and O–H groups in total. The lowest BCUT2D eigenvalue weighted by Crippen LogP contribution is -2.53. The molecule has 104 valence electrons. The van der Waals surface area contributed by atoms with Crippen LogP contribution < -0.4 is 4.90 Å². The fourth-order valence-electron chi connectivity index (χ4n) is 2.53. The van der Waals surface area contributed by atoms with E-state index in [1.807, 2.05) is 18.2 Å². The zero-order valence-electron chi connectivity index (χ0n) is 11.8. The first-order valence-corrected chi connectivity index (χ1v) is 7.46. The van der Waals surface area contributed by atoms with Gasteiger partial charge in [-0.1, -0.05) is 15.9 Å². The Kier molecular flexibility index (Phi) is 4.31. The van der Waals surface area contributed by atoms with E-state index in [1.165, 1.54) is 0 Å². The van der Waals surface area contributed by atoms with Gasteiger partial charge in [-0.2, -0.15) is 0 Å². The van der Waals surface area contributed by atoms with E-state index in [9.17, 15) is 4.79 Å². The van der Waals surface area contributed by atoms with Crippen LogP contribution in [-0.2, 0) is 0 Å². The maximum absolute atomic E-state index is 11.2. The number of rotatable bonds is 2. The van der Waals surface area contributed by atoms with Gasteiger partial charge in [0.1, 0.15) is 0 Å². The van der Waals surface area contributed by atoms with Crippen molar-refractivity contribution >= 4 is 27.9 Å². The number of benzene rings is 1. The summed E-state index contributed by atoms with van der Waals surface area (Å²) < 4.78 is 0.951. The van der Waals surface area contributed by atoms with Crippen LogP contribution in [0.15, 0.2) is 22.7 Å². The monoisotopic (exact) mass is 324 g/mol. The summed E-state index contributed by atoms with van der Waals surface area (Å²) in [4.78, 5) is 16.0. The zero-order valence-corrected chi connectivity index (χ0v) is 13.4. The number of carbonyl (C=O) groups excluding carboxylic acids is 1. The molecule has 1 aromatic rings. The van der Waals surface area contributed by atoms with Gasteiger partial charge in [0, 0.05) is 47.4 Å². The fourth-order valence-corrected chi connectivity index (χ4v) is 2.90. The highest BCUT2D eigenvalue weighted by Crippen LogP contribution is 2.25. The Morgan fingerprint density at radius 1 is 1.16 bits per heavy atom. The summed E-state index contributed by atoms with van der Waals surface area (Å²) in [5.74, 6) is 0. The van der Waals surface area contributed by atoms with Crippen LogP contribution in [0.25, 0.3) is 0 Å². The van der Waals surface area contributed by atoms with Crippen LogP contribution in [0, 0.1) is 0 Å². The van der Waals surface area contributed by atoms with Crippen LogP contribution in [0.3, 0.4) is 0 Å². The highest BCUT2D eigenvalue weighted by atomic mass is 79.9. The van der Waals surface area contributed by atoms with Crippen molar-refractivity contribution < 1.29 is 4.79 Å². The minimum absolute atomic E-state index is 0.222. The highest BCUT2D eigenvalue weighted by molar-refractivity contribution is 9.10. The lowest BCUT2D eigenvalue weighted by atomic mass is 10.0. The summed E-state index contributed by atoms with van der Waals surface area (Å²) in [6.45, 7) is 10.8. The molecular weight excluding hydrogens is 304 g/mol. The summed E-state index contributed by atoms with van der Waals surface area (Å²) >= 11 is 3.41. The van der Waals surface area contributed by atoms with Gasteiger partial charge < -0.3 is 4.90 Å². The van der Waals surface area contributed by atoms with Gasteiger partial charge in [0.2, 0.25) is 0 Å². The van der Waals surface area contributed by atoms with Crippen molar-refractivity contribution in [1.82, 2.24) is 4.90 Å². The van der Waals surface area contributed by atoms with Crippen molar-refractivity contribution in [3.8, 4) is 0 Å². The molecule has 2 rings (SSSR count). The second kappa shape index (κ2) is 5.63.